The summed E-state index contributed by atoms with van der Waals surface area (Å²) < 4.78 is 28.5. The van der Waals surface area contributed by atoms with E-state index in [4.69, 9.17) is 5.11 Å². The van der Waals surface area contributed by atoms with Crippen LogP contribution in [0.25, 0.3) is 0 Å². The topological polar surface area (TPSA) is 91.3 Å². The summed E-state index contributed by atoms with van der Waals surface area (Å²) in [4.78, 5) is 8.20. The van der Waals surface area contributed by atoms with E-state index in [1.54, 1.807) is 13.8 Å². The second-order valence-corrected chi connectivity index (χ2v) is 5.64. The van der Waals surface area contributed by atoms with Gasteiger partial charge in [0.2, 0.25) is 0 Å². The molecule has 0 spiro atoms. The summed E-state index contributed by atoms with van der Waals surface area (Å²) >= 11 is 0. The molecule has 0 unspecified atom stereocenters. The molecular weight excluding hydrogens is 335 g/mol. The monoisotopic (exact) mass is 368 g/mol. The molecule has 0 amide bonds. The van der Waals surface area contributed by atoms with Crippen LogP contribution in [0.3, 0.4) is 0 Å². The molecule has 7 nitrogen and oxygen atoms in total. The zero-order valence-electron chi connectivity index (χ0n) is 16.1. The van der Waals surface area contributed by atoms with Crippen molar-refractivity contribution in [2.45, 2.75) is 72.1 Å². The van der Waals surface area contributed by atoms with Gasteiger partial charge in [-0.05, 0) is 20.3 Å². The van der Waals surface area contributed by atoms with E-state index in [0.717, 1.165) is 6.42 Å². The first-order valence-electron chi connectivity index (χ1n) is 8.01. The molecule has 0 saturated heterocycles. The fourth-order valence-corrected chi connectivity index (χ4v) is 1.92. The normalized spacial score (nSPS) is 10.6. The summed E-state index contributed by atoms with van der Waals surface area (Å²) in [6.07, 6.45) is 10.4. The Morgan fingerprint density at radius 2 is 1.17 bits per heavy atom. The second kappa shape index (κ2) is 22.8. The van der Waals surface area contributed by atoms with Gasteiger partial charge in [0.15, 0.2) is 0 Å². The molecular formula is C14H33NaO7S. The Kier molecular flexibility index (Phi) is 28.2. The molecule has 23 heavy (non-hydrogen) atoms. The van der Waals surface area contributed by atoms with E-state index in [9.17, 15) is 8.42 Å². The van der Waals surface area contributed by atoms with Gasteiger partial charge in [-0.3, -0.25) is 0 Å². The van der Waals surface area contributed by atoms with Gasteiger partial charge in [0.1, 0.15) is 0 Å². The van der Waals surface area contributed by atoms with Gasteiger partial charge in [0.25, 0.3) is 0 Å². The largest absolute Gasteiger partial charge is 1.00 e. The molecule has 0 aromatic rings. The molecule has 0 aliphatic heterocycles. The zero-order valence-corrected chi connectivity index (χ0v) is 17.9. The van der Waals surface area contributed by atoms with Gasteiger partial charge in [-0.2, -0.15) is 8.42 Å². The van der Waals surface area contributed by atoms with Crippen LogP contribution in [0.2, 0.25) is 0 Å². The molecule has 0 heterocycles. The van der Waals surface area contributed by atoms with Crippen LogP contribution >= 0.6 is 0 Å². The van der Waals surface area contributed by atoms with Crippen molar-refractivity contribution in [3.05, 3.63) is 0 Å². The van der Waals surface area contributed by atoms with E-state index < -0.39 is 10.4 Å². The van der Waals surface area contributed by atoms with Gasteiger partial charge >= 0.3 is 40.0 Å². The van der Waals surface area contributed by atoms with Crippen molar-refractivity contribution in [3.63, 3.8) is 0 Å². The van der Waals surface area contributed by atoms with Crippen LogP contribution in [0.15, 0.2) is 0 Å². The molecule has 0 aromatic heterocycles. The molecule has 0 aromatic carbocycles. The Bertz CT molecular complexity index is 283. The molecule has 0 fully saturated rings. The van der Waals surface area contributed by atoms with Crippen molar-refractivity contribution in [2.75, 3.05) is 19.8 Å². The number of rotatable bonds is 14. The molecule has 0 aliphatic carbocycles. The summed E-state index contributed by atoms with van der Waals surface area (Å²) in [5.74, 6) is 0. The summed E-state index contributed by atoms with van der Waals surface area (Å²) in [6, 6.07) is 0. The van der Waals surface area contributed by atoms with Crippen molar-refractivity contribution in [2.24, 2.45) is 0 Å². The number of aliphatic hydroxyl groups is 1. The van der Waals surface area contributed by atoms with Gasteiger partial charge in [-0.1, -0.05) is 60.5 Å². The van der Waals surface area contributed by atoms with E-state index in [0.29, 0.717) is 6.61 Å². The van der Waals surface area contributed by atoms with Crippen LogP contribution in [-0.4, -0.2) is 33.3 Å². The zero-order chi connectivity index (χ0) is 17.1. The van der Waals surface area contributed by atoms with Crippen molar-refractivity contribution >= 4 is 10.4 Å². The fourth-order valence-electron chi connectivity index (χ4n) is 1.47. The maximum atomic E-state index is 10.5. The third kappa shape index (κ3) is 27.9. The summed E-state index contributed by atoms with van der Waals surface area (Å²) in [6.45, 7) is 5.95. The summed E-state index contributed by atoms with van der Waals surface area (Å²) in [7, 11) is -4.15. The third-order valence-electron chi connectivity index (χ3n) is 2.51. The minimum atomic E-state index is -4.15. The van der Waals surface area contributed by atoms with Crippen molar-refractivity contribution in [1.82, 2.24) is 0 Å². The number of hydrogen-bond acceptors (Lipinski definition) is 7. The molecule has 0 rings (SSSR count). The quantitative estimate of drug-likeness (QED) is 0.205. The van der Waals surface area contributed by atoms with Crippen molar-refractivity contribution in [3.8, 4) is 0 Å². The molecule has 0 saturated carbocycles. The van der Waals surface area contributed by atoms with Gasteiger partial charge in [-0.15, -0.1) is 0 Å². The molecule has 0 aliphatic rings. The van der Waals surface area contributed by atoms with Crippen LogP contribution < -0.4 is 29.6 Å². The minimum Gasteiger partial charge on any atom is -1.00 e. The van der Waals surface area contributed by atoms with E-state index in [2.05, 4.69) is 25.4 Å². The Hall–Kier alpha value is 0.750. The van der Waals surface area contributed by atoms with E-state index in [-0.39, 0.29) is 44.2 Å². The van der Waals surface area contributed by atoms with E-state index in [1.165, 1.54) is 44.9 Å². The van der Waals surface area contributed by atoms with Crippen LogP contribution in [0.5, 0.6) is 0 Å². The standard InChI is InChI=1S/C10H22O.C4H10O6S.Na.H/c1-2-3-4-5-6-7-8-9-10-11;1-3-7-9-11(5,6)10-8-4-2;;/h11H,2-10H2,1H3;3-4H2,1-2H3;;/q;;+1;-1. The third-order valence-corrected chi connectivity index (χ3v) is 3.04. The van der Waals surface area contributed by atoms with Crippen LogP contribution in [0.4, 0.5) is 0 Å². The van der Waals surface area contributed by atoms with Gasteiger partial charge in [0, 0.05) is 6.61 Å². The molecule has 0 bridgehead atoms. The SMILES string of the molecule is CCCCCCCCCCO.CCOOS(=O)(=O)OOCC.[H-].[Na+]. The maximum absolute atomic E-state index is 10.5. The predicted molar refractivity (Wildman–Crippen MR) is 85.1 cm³/mol. The van der Waals surface area contributed by atoms with Crippen LogP contribution in [0.1, 0.15) is 73.6 Å². The van der Waals surface area contributed by atoms with Crippen LogP contribution in [0, 0.1) is 0 Å². The Morgan fingerprint density at radius 1 is 0.783 bits per heavy atom. The van der Waals surface area contributed by atoms with Gasteiger partial charge in [0.05, 0.1) is 13.2 Å². The molecule has 9 heteroatoms. The number of unbranched alkanes of at least 4 members (excludes halogenated alkanes) is 7. The Balaban J connectivity index is -0.000000154. The van der Waals surface area contributed by atoms with Crippen molar-refractivity contribution < 1.29 is 63.0 Å². The molecule has 138 valence electrons. The first-order valence-corrected chi connectivity index (χ1v) is 9.35. The van der Waals surface area contributed by atoms with Crippen LogP contribution in [-0.2, 0) is 28.8 Å². The molecule has 1 N–H and O–H groups in total. The smallest absolute Gasteiger partial charge is 1.00 e. The van der Waals surface area contributed by atoms with Crippen molar-refractivity contribution in [1.29, 1.82) is 0 Å². The average Bonchev–Trinajstić information content (AvgIpc) is 2.51. The number of aliphatic hydroxyl groups excluding tert-OH is 1. The maximum Gasteiger partial charge on any atom is 1.00 e. The first-order chi connectivity index (χ1) is 10.5. The van der Waals surface area contributed by atoms with Gasteiger partial charge in [-0.25, -0.2) is 9.78 Å². The minimum absolute atomic E-state index is 0. The first kappa shape index (κ1) is 28.5. The second-order valence-electron chi connectivity index (χ2n) is 4.56. The van der Waals surface area contributed by atoms with E-state index >= 15 is 0 Å². The summed E-state index contributed by atoms with van der Waals surface area (Å²) in [5.41, 5.74) is 0. The average molecular weight is 368 g/mol. The number of hydrogen-bond donors (Lipinski definition) is 1. The Labute approximate surface area is 165 Å². The Morgan fingerprint density at radius 3 is 1.52 bits per heavy atom. The van der Waals surface area contributed by atoms with E-state index in [1.807, 2.05) is 0 Å². The fraction of sp³-hybridized carbons (Fsp3) is 1.00. The van der Waals surface area contributed by atoms with Gasteiger partial charge < -0.3 is 6.53 Å². The molecule has 0 radical (unpaired) electrons. The predicted octanol–water partition coefficient (Wildman–Crippen LogP) is 0.403. The summed E-state index contributed by atoms with van der Waals surface area (Å²) in [5, 5.41) is 8.51. The molecule has 0 atom stereocenters.